The van der Waals surface area contributed by atoms with Gasteiger partial charge in [-0.25, -0.2) is 9.97 Å². The minimum absolute atomic E-state index is 0.209. The summed E-state index contributed by atoms with van der Waals surface area (Å²) in [5.41, 5.74) is 15.9. The molecule has 0 saturated carbocycles. The fraction of sp³-hybridized carbons (Fsp3) is 0.0612. The zero-order chi connectivity index (χ0) is 34.8. The summed E-state index contributed by atoms with van der Waals surface area (Å²) in [4.78, 5) is 10.5. The van der Waals surface area contributed by atoms with Crippen LogP contribution in [0.4, 0.5) is 0 Å². The van der Waals surface area contributed by atoms with Gasteiger partial charge in [0.2, 0.25) is 0 Å². The van der Waals surface area contributed by atoms with Crippen molar-refractivity contribution in [2.75, 3.05) is 0 Å². The Kier molecular flexibility index (Phi) is 6.84. The number of aromatic nitrogens is 3. The summed E-state index contributed by atoms with van der Waals surface area (Å²) in [6.07, 6.45) is 0. The highest BCUT2D eigenvalue weighted by Gasteiger charge is 2.37. The van der Waals surface area contributed by atoms with Crippen molar-refractivity contribution in [1.29, 1.82) is 0 Å². The third kappa shape index (κ3) is 4.74. The summed E-state index contributed by atoms with van der Waals surface area (Å²) in [5, 5.41) is 2.52. The van der Waals surface area contributed by atoms with E-state index in [0.29, 0.717) is 0 Å². The van der Waals surface area contributed by atoms with E-state index < -0.39 is 0 Å². The number of fused-ring (bicyclic) bond motifs is 6. The third-order valence-corrected chi connectivity index (χ3v) is 10.8. The van der Waals surface area contributed by atoms with Crippen molar-refractivity contribution >= 4 is 21.8 Å². The smallest absolute Gasteiger partial charge is 0.161 e. The van der Waals surface area contributed by atoms with Crippen LogP contribution in [0.5, 0.6) is 0 Å². The van der Waals surface area contributed by atoms with Gasteiger partial charge in [-0.1, -0.05) is 153 Å². The van der Waals surface area contributed by atoms with Gasteiger partial charge in [0, 0.05) is 38.6 Å². The molecule has 0 atom stereocenters. The molecule has 52 heavy (non-hydrogen) atoms. The van der Waals surface area contributed by atoms with Gasteiger partial charge < -0.3 is 4.57 Å². The van der Waals surface area contributed by atoms with Crippen LogP contribution in [0.2, 0.25) is 0 Å². The summed E-state index contributed by atoms with van der Waals surface area (Å²) >= 11 is 0. The van der Waals surface area contributed by atoms with Gasteiger partial charge in [0.15, 0.2) is 5.82 Å². The summed E-state index contributed by atoms with van der Waals surface area (Å²) in [7, 11) is 0. The van der Waals surface area contributed by atoms with Crippen LogP contribution in [-0.4, -0.2) is 14.5 Å². The van der Waals surface area contributed by atoms with Gasteiger partial charge in [-0.3, -0.25) is 0 Å². The molecule has 3 nitrogen and oxygen atoms in total. The quantitative estimate of drug-likeness (QED) is 0.183. The zero-order valence-electron chi connectivity index (χ0n) is 29.1. The molecule has 10 rings (SSSR count). The molecule has 7 aromatic carbocycles. The minimum atomic E-state index is -0.209. The van der Waals surface area contributed by atoms with E-state index in [9.17, 15) is 0 Å². The Morgan fingerprint density at radius 1 is 0.423 bits per heavy atom. The molecule has 0 fully saturated rings. The molecular formula is C49H35N3. The Balaban J connectivity index is 1.13. The van der Waals surface area contributed by atoms with E-state index >= 15 is 0 Å². The standard InChI is InChI=1S/C49H35N3/c1-49(2)41-23-14-22-40(48-50-43(32-15-6-3-7-16-32)31-44(51-48)33-17-8-4-9-18-33)47(41)39-28-26-34(29-42(39)49)35-25-27-38-37-21-12-13-24-45(37)52(46(38)30-35)36-19-10-5-11-20-36/h3-31H,1-2H3. The lowest BCUT2D eigenvalue weighted by atomic mass is 9.81. The van der Waals surface area contributed by atoms with Crippen molar-refractivity contribution in [3.05, 3.63) is 187 Å². The van der Waals surface area contributed by atoms with E-state index in [2.05, 4.69) is 182 Å². The molecule has 2 aromatic heterocycles. The molecule has 246 valence electrons. The molecule has 0 bridgehead atoms. The van der Waals surface area contributed by atoms with Crippen LogP contribution in [0.15, 0.2) is 176 Å². The fourth-order valence-corrected chi connectivity index (χ4v) is 8.24. The Morgan fingerprint density at radius 3 is 1.73 bits per heavy atom. The van der Waals surface area contributed by atoms with Gasteiger partial charge in [-0.15, -0.1) is 0 Å². The highest BCUT2D eigenvalue weighted by atomic mass is 15.0. The lowest BCUT2D eigenvalue weighted by Crippen LogP contribution is -2.15. The number of para-hydroxylation sites is 2. The van der Waals surface area contributed by atoms with Crippen molar-refractivity contribution in [2.24, 2.45) is 0 Å². The Labute approximate surface area is 303 Å². The number of benzene rings is 7. The topological polar surface area (TPSA) is 30.7 Å². The van der Waals surface area contributed by atoms with Crippen LogP contribution >= 0.6 is 0 Å². The molecular weight excluding hydrogens is 631 g/mol. The molecule has 1 aliphatic rings. The highest BCUT2D eigenvalue weighted by molar-refractivity contribution is 6.10. The summed E-state index contributed by atoms with van der Waals surface area (Å²) in [6.45, 7) is 4.69. The van der Waals surface area contributed by atoms with Crippen molar-refractivity contribution in [3.63, 3.8) is 0 Å². The average molecular weight is 666 g/mol. The lowest BCUT2D eigenvalue weighted by molar-refractivity contribution is 0.660. The third-order valence-electron chi connectivity index (χ3n) is 10.8. The van der Waals surface area contributed by atoms with Crippen molar-refractivity contribution in [2.45, 2.75) is 19.3 Å². The zero-order valence-corrected chi connectivity index (χ0v) is 29.1. The molecule has 2 heterocycles. The van der Waals surface area contributed by atoms with Gasteiger partial charge in [0.05, 0.1) is 22.4 Å². The van der Waals surface area contributed by atoms with Crippen LogP contribution in [0.1, 0.15) is 25.0 Å². The molecule has 0 saturated heterocycles. The normalized spacial score (nSPS) is 13.0. The van der Waals surface area contributed by atoms with Crippen molar-refractivity contribution < 1.29 is 0 Å². The van der Waals surface area contributed by atoms with Gasteiger partial charge in [0.25, 0.3) is 0 Å². The first-order chi connectivity index (χ1) is 25.5. The molecule has 1 aliphatic carbocycles. The van der Waals surface area contributed by atoms with Crippen molar-refractivity contribution in [1.82, 2.24) is 14.5 Å². The second kappa shape index (κ2) is 11.8. The second-order valence-corrected chi connectivity index (χ2v) is 14.2. The average Bonchev–Trinajstić information content (AvgIpc) is 3.66. The summed E-state index contributed by atoms with van der Waals surface area (Å²) in [6, 6.07) is 62.9. The molecule has 0 N–H and O–H groups in total. The van der Waals surface area contributed by atoms with E-state index in [4.69, 9.17) is 9.97 Å². The maximum absolute atomic E-state index is 5.23. The first-order valence-electron chi connectivity index (χ1n) is 17.9. The van der Waals surface area contributed by atoms with Gasteiger partial charge in [-0.05, 0) is 69.8 Å². The van der Waals surface area contributed by atoms with Crippen LogP contribution in [0, 0.1) is 0 Å². The van der Waals surface area contributed by atoms with Gasteiger partial charge >= 0.3 is 0 Å². The highest BCUT2D eigenvalue weighted by Crippen LogP contribution is 2.53. The monoisotopic (exact) mass is 665 g/mol. The van der Waals surface area contributed by atoms with Crippen LogP contribution in [0.25, 0.3) is 83.6 Å². The summed E-state index contributed by atoms with van der Waals surface area (Å²) < 4.78 is 2.39. The predicted molar refractivity (Wildman–Crippen MR) is 216 cm³/mol. The number of nitrogens with zero attached hydrogens (tertiary/aromatic N) is 3. The Morgan fingerprint density at radius 2 is 1.02 bits per heavy atom. The molecule has 0 unspecified atom stereocenters. The van der Waals surface area contributed by atoms with Crippen LogP contribution in [-0.2, 0) is 5.41 Å². The Hall–Kier alpha value is -6.58. The molecule has 0 amide bonds. The Bertz CT molecular complexity index is 2740. The SMILES string of the molecule is CC1(C)c2cc(-c3ccc4c5ccccc5n(-c5ccccc5)c4c3)ccc2-c2c(-c3nc(-c4ccccc4)cc(-c4ccccc4)n3)cccc21. The van der Waals surface area contributed by atoms with Crippen molar-refractivity contribution in [3.8, 4) is 61.8 Å². The first-order valence-corrected chi connectivity index (χ1v) is 17.9. The minimum Gasteiger partial charge on any atom is -0.309 e. The van der Waals surface area contributed by atoms with Crippen LogP contribution in [0.3, 0.4) is 0 Å². The molecule has 0 aliphatic heterocycles. The number of hydrogen-bond donors (Lipinski definition) is 0. The molecule has 0 radical (unpaired) electrons. The maximum atomic E-state index is 5.23. The summed E-state index contributed by atoms with van der Waals surface area (Å²) in [5.74, 6) is 0.740. The first kappa shape index (κ1) is 30.3. The fourth-order valence-electron chi connectivity index (χ4n) is 8.24. The largest absolute Gasteiger partial charge is 0.309 e. The van der Waals surface area contributed by atoms with Gasteiger partial charge in [-0.2, -0.15) is 0 Å². The van der Waals surface area contributed by atoms with E-state index in [0.717, 1.165) is 39.6 Å². The molecule has 9 aromatic rings. The van der Waals surface area contributed by atoms with E-state index in [1.165, 1.54) is 55.2 Å². The number of hydrogen-bond acceptors (Lipinski definition) is 2. The van der Waals surface area contributed by atoms with E-state index in [1.54, 1.807) is 0 Å². The number of rotatable bonds is 5. The molecule has 0 spiro atoms. The van der Waals surface area contributed by atoms with Crippen LogP contribution < -0.4 is 0 Å². The second-order valence-electron chi connectivity index (χ2n) is 14.2. The van der Waals surface area contributed by atoms with Gasteiger partial charge in [0.1, 0.15) is 0 Å². The van der Waals surface area contributed by atoms with E-state index in [1.807, 2.05) is 12.1 Å². The van der Waals surface area contributed by atoms with E-state index in [-0.39, 0.29) is 5.41 Å². The molecule has 3 heteroatoms. The maximum Gasteiger partial charge on any atom is 0.161 e. The predicted octanol–water partition coefficient (Wildman–Crippen LogP) is 12.5. The lowest BCUT2D eigenvalue weighted by Gasteiger charge is -2.22.